The molecule has 1 saturated heterocycles. The molecule has 1 heterocycles. The number of nitrogens with zero attached hydrogens (tertiary/aromatic N) is 2. The summed E-state index contributed by atoms with van der Waals surface area (Å²) in [5.74, 6) is -1.02. The van der Waals surface area contributed by atoms with Crippen molar-refractivity contribution in [3.05, 3.63) is 0 Å². The van der Waals surface area contributed by atoms with Gasteiger partial charge in [0.25, 0.3) is 10.2 Å². The van der Waals surface area contributed by atoms with E-state index in [1.165, 1.54) is 8.61 Å². The van der Waals surface area contributed by atoms with Gasteiger partial charge in [-0.25, -0.2) is 0 Å². The standard InChI is InChI=1S/C12H22N2O4S/c1-9(10-5-6-10)13(2)19(17,18)14-7-3-4-11(8-14)12(15)16/h9-11H,3-8H2,1-2H3,(H,15,16). The van der Waals surface area contributed by atoms with Gasteiger partial charge in [-0.3, -0.25) is 4.79 Å². The Morgan fingerprint density at radius 2 is 2.00 bits per heavy atom. The zero-order chi connectivity index (χ0) is 14.2. The van der Waals surface area contributed by atoms with Crippen LogP contribution in [0.2, 0.25) is 0 Å². The molecule has 0 spiro atoms. The molecule has 1 saturated carbocycles. The van der Waals surface area contributed by atoms with Gasteiger partial charge in [0.05, 0.1) is 5.92 Å². The van der Waals surface area contributed by atoms with E-state index >= 15 is 0 Å². The Kier molecular flexibility index (Phi) is 4.17. The van der Waals surface area contributed by atoms with Gasteiger partial charge in [0.1, 0.15) is 0 Å². The topological polar surface area (TPSA) is 77.9 Å². The van der Waals surface area contributed by atoms with Crippen LogP contribution in [0.15, 0.2) is 0 Å². The van der Waals surface area contributed by atoms with Gasteiger partial charge >= 0.3 is 5.97 Å². The molecule has 2 aliphatic rings. The maximum absolute atomic E-state index is 12.5. The van der Waals surface area contributed by atoms with Crippen molar-refractivity contribution in [2.45, 2.75) is 38.6 Å². The molecule has 19 heavy (non-hydrogen) atoms. The summed E-state index contributed by atoms with van der Waals surface area (Å²) in [4.78, 5) is 11.0. The number of hydrogen-bond acceptors (Lipinski definition) is 3. The zero-order valence-electron chi connectivity index (χ0n) is 11.4. The van der Waals surface area contributed by atoms with Gasteiger partial charge in [-0.05, 0) is 38.5 Å². The third kappa shape index (κ3) is 3.09. The first-order chi connectivity index (χ1) is 8.84. The van der Waals surface area contributed by atoms with Gasteiger partial charge in [-0.15, -0.1) is 0 Å². The lowest BCUT2D eigenvalue weighted by Crippen LogP contribution is -2.50. The lowest BCUT2D eigenvalue weighted by Gasteiger charge is -2.35. The highest BCUT2D eigenvalue weighted by Gasteiger charge is 2.40. The molecule has 0 amide bonds. The highest BCUT2D eigenvalue weighted by molar-refractivity contribution is 7.86. The molecule has 6 nitrogen and oxygen atoms in total. The molecular weight excluding hydrogens is 268 g/mol. The van der Waals surface area contributed by atoms with E-state index in [9.17, 15) is 13.2 Å². The summed E-state index contributed by atoms with van der Waals surface area (Å²) in [6.07, 6.45) is 3.34. The van der Waals surface area contributed by atoms with Crippen LogP contribution in [0.25, 0.3) is 0 Å². The highest BCUT2D eigenvalue weighted by atomic mass is 32.2. The maximum atomic E-state index is 12.5. The smallest absolute Gasteiger partial charge is 0.307 e. The number of carbonyl (C=O) groups is 1. The molecular formula is C12H22N2O4S. The van der Waals surface area contributed by atoms with Gasteiger partial charge in [0, 0.05) is 26.2 Å². The summed E-state index contributed by atoms with van der Waals surface area (Å²) in [6.45, 7) is 2.45. The van der Waals surface area contributed by atoms with Crippen LogP contribution in [0.3, 0.4) is 0 Å². The number of rotatable bonds is 5. The number of piperidine rings is 1. The molecule has 2 fully saturated rings. The van der Waals surface area contributed by atoms with Crippen LogP contribution in [-0.4, -0.2) is 54.3 Å². The molecule has 7 heteroatoms. The number of carboxylic acid groups (broad SMARTS) is 1. The third-order valence-corrected chi connectivity index (χ3v) is 6.35. The van der Waals surface area contributed by atoms with E-state index in [1.54, 1.807) is 7.05 Å². The molecule has 1 N–H and O–H groups in total. The fourth-order valence-corrected chi connectivity index (χ4v) is 4.31. The van der Waals surface area contributed by atoms with E-state index in [-0.39, 0.29) is 12.6 Å². The van der Waals surface area contributed by atoms with E-state index in [0.29, 0.717) is 25.3 Å². The van der Waals surface area contributed by atoms with Crippen molar-refractivity contribution in [1.82, 2.24) is 8.61 Å². The predicted octanol–water partition coefficient (Wildman–Crippen LogP) is 0.758. The second-order valence-electron chi connectivity index (χ2n) is 5.64. The zero-order valence-corrected chi connectivity index (χ0v) is 12.3. The summed E-state index contributed by atoms with van der Waals surface area (Å²) < 4.78 is 27.7. The van der Waals surface area contributed by atoms with Crippen molar-refractivity contribution in [2.75, 3.05) is 20.1 Å². The fourth-order valence-electron chi connectivity index (χ4n) is 2.62. The first-order valence-electron chi connectivity index (χ1n) is 6.80. The van der Waals surface area contributed by atoms with Crippen LogP contribution < -0.4 is 0 Å². The van der Waals surface area contributed by atoms with Crippen LogP contribution in [0.4, 0.5) is 0 Å². The average molecular weight is 290 g/mol. The Hall–Kier alpha value is -0.660. The van der Waals surface area contributed by atoms with Crippen molar-refractivity contribution in [3.63, 3.8) is 0 Å². The monoisotopic (exact) mass is 290 g/mol. The van der Waals surface area contributed by atoms with Crippen molar-refractivity contribution >= 4 is 16.2 Å². The molecule has 1 aliphatic heterocycles. The number of aliphatic carboxylic acids is 1. The third-order valence-electron chi connectivity index (χ3n) is 4.30. The summed E-state index contributed by atoms with van der Waals surface area (Å²) in [7, 11) is -1.93. The second kappa shape index (κ2) is 5.38. The molecule has 0 aromatic rings. The minimum atomic E-state index is -3.53. The minimum absolute atomic E-state index is 0.00444. The van der Waals surface area contributed by atoms with Gasteiger partial charge in [0.2, 0.25) is 0 Å². The number of hydrogen-bond donors (Lipinski definition) is 1. The lowest BCUT2D eigenvalue weighted by molar-refractivity contribution is -0.142. The van der Waals surface area contributed by atoms with Crippen LogP contribution in [0, 0.1) is 11.8 Å². The largest absolute Gasteiger partial charge is 0.481 e. The summed E-state index contributed by atoms with van der Waals surface area (Å²) in [5.41, 5.74) is 0. The summed E-state index contributed by atoms with van der Waals surface area (Å²) in [5, 5.41) is 9.03. The van der Waals surface area contributed by atoms with Crippen LogP contribution in [0.1, 0.15) is 32.6 Å². The second-order valence-corrected chi connectivity index (χ2v) is 7.63. The Labute approximate surface area is 114 Å². The molecule has 0 bridgehead atoms. The van der Waals surface area contributed by atoms with E-state index in [2.05, 4.69) is 0 Å². The van der Waals surface area contributed by atoms with E-state index < -0.39 is 22.1 Å². The fraction of sp³-hybridized carbons (Fsp3) is 0.917. The van der Waals surface area contributed by atoms with Crippen LogP contribution >= 0.6 is 0 Å². The van der Waals surface area contributed by atoms with E-state index in [4.69, 9.17) is 5.11 Å². The van der Waals surface area contributed by atoms with Gasteiger partial charge in [-0.2, -0.15) is 17.0 Å². The number of carboxylic acids is 1. The Bertz CT molecular complexity index is 447. The van der Waals surface area contributed by atoms with E-state index in [0.717, 1.165) is 12.8 Å². The molecule has 0 aromatic heterocycles. The lowest BCUT2D eigenvalue weighted by atomic mass is 10.0. The van der Waals surface area contributed by atoms with Crippen LogP contribution in [0.5, 0.6) is 0 Å². The van der Waals surface area contributed by atoms with Crippen LogP contribution in [-0.2, 0) is 15.0 Å². The SMILES string of the molecule is CC(C1CC1)N(C)S(=O)(=O)N1CCCC(C(=O)O)C1. The maximum Gasteiger partial charge on any atom is 0.307 e. The van der Waals surface area contributed by atoms with Gasteiger partial charge < -0.3 is 5.11 Å². The van der Waals surface area contributed by atoms with Crippen molar-refractivity contribution in [2.24, 2.45) is 11.8 Å². The molecule has 1 aliphatic carbocycles. The normalized spacial score (nSPS) is 27.4. The van der Waals surface area contributed by atoms with Crippen molar-refractivity contribution in [1.29, 1.82) is 0 Å². The first-order valence-corrected chi connectivity index (χ1v) is 8.19. The average Bonchev–Trinajstić information content (AvgIpc) is 3.21. The molecule has 2 rings (SSSR count). The van der Waals surface area contributed by atoms with Crippen molar-refractivity contribution < 1.29 is 18.3 Å². The molecule has 110 valence electrons. The summed E-state index contributed by atoms with van der Waals surface area (Å²) >= 11 is 0. The summed E-state index contributed by atoms with van der Waals surface area (Å²) in [6, 6.07) is -0.00444. The Morgan fingerprint density at radius 3 is 2.53 bits per heavy atom. The molecule has 2 atom stereocenters. The molecule has 0 aromatic carbocycles. The molecule has 2 unspecified atom stereocenters. The highest BCUT2D eigenvalue weighted by Crippen LogP contribution is 2.36. The Morgan fingerprint density at radius 1 is 1.37 bits per heavy atom. The molecule has 0 radical (unpaired) electrons. The first kappa shape index (κ1) is 14.7. The van der Waals surface area contributed by atoms with E-state index in [1.807, 2.05) is 6.92 Å². The minimum Gasteiger partial charge on any atom is -0.481 e. The van der Waals surface area contributed by atoms with Gasteiger partial charge in [-0.1, -0.05) is 0 Å². The quantitative estimate of drug-likeness (QED) is 0.811. The Balaban J connectivity index is 2.07. The van der Waals surface area contributed by atoms with Gasteiger partial charge in [0.15, 0.2) is 0 Å². The van der Waals surface area contributed by atoms with Crippen molar-refractivity contribution in [3.8, 4) is 0 Å². The predicted molar refractivity (Wildman–Crippen MR) is 70.8 cm³/mol.